The van der Waals surface area contributed by atoms with Crippen molar-refractivity contribution in [1.29, 1.82) is 0 Å². The fourth-order valence-electron chi connectivity index (χ4n) is 9.21. The van der Waals surface area contributed by atoms with E-state index in [-0.39, 0.29) is 0 Å². The van der Waals surface area contributed by atoms with Gasteiger partial charge in [-0.15, -0.1) is 0 Å². The van der Waals surface area contributed by atoms with Crippen LogP contribution in [-0.2, 0) is 0 Å². The van der Waals surface area contributed by atoms with Gasteiger partial charge in [-0.3, -0.25) is 4.57 Å². The molecule has 0 aliphatic rings. The molecule has 0 unspecified atom stereocenters. The molecule has 5 heteroatoms. The minimum atomic E-state index is 0.814. The predicted octanol–water partition coefficient (Wildman–Crippen LogP) is 12.6. The molecule has 244 valence electrons. The number of hydrogen-bond acceptors (Lipinski definition) is 3. The monoisotopic (exact) mass is 674 g/mol. The lowest BCUT2D eigenvalue weighted by molar-refractivity contribution is 0.669. The van der Waals surface area contributed by atoms with Crippen LogP contribution in [0.3, 0.4) is 0 Å². The largest absolute Gasteiger partial charge is 0.456 e. The zero-order valence-corrected chi connectivity index (χ0v) is 28.2. The number of benzene rings is 8. The molecule has 0 aliphatic heterocycles. The molecule has 5 nitrogen and oxygen atoms in total. The van der Waals surface area contributed by atoms with Gasteiger partial charge in [-0.25, -0.2) is 9.97 Å². The van der Waals surface area contributed by atoms with Crippen molar-refractivity contribution in [2.45, 2.75) is 0 Å². The average Bonchev–Trinajstić information content (AvgIpc) is 3.84. The summed E-state index contributed by atoms with van der Waals surface area (Å²) in [5, 5.41) is 11.8. The highest BCUT2D eigenvalue weighted by Gasteiger charge is 2.25. The van der Waals surface area contributed by atoms with Crippen molar-refractivity contribution in [1.82, 2.24) is 18.9 Å². The van der Waals surface area contributed by atoms with E-state index in [1.807, 2.05) is 6.07 Å². The zero-order valence-electron chi connectivity index (χ0n) is 28.2. The summed E-state index contributed by atoms with van der Waals surface area (Å²) >= 11 is 0. The van der Waals surface area contributed by atoms with Crippen molar-refractivity contribution < 1.29 is 4.42 Å². The molecule has 0 fully saturated rings. The van der Waals surface area contributed by atoms with E-state index in [1.165, 1.54) is 37.8 Å². The van der Waals surface area contributed by atoms with Gasteiger partial charge in [-0.1, -0.05) is 115 Å². The van der Waals surface area contributed by atoms with Gasteiger partial charge >= 0.3 is 0 Å². The van der Waals surface area contributed by atoms with E-state index in [0.29, 0.717) is 0 Å². The van der Waals surface area contributed by atoms with Gasteiger partial charge in [-0.05, 0) is 47.2 Å². The zero-order chi connectivity index (χ0) is 34.4. The van der Waals surface area contributed by atoms with Crippen LogP contribution >= 0.6 is 0 Å². The molecule has 0 amide bonds. The summed E-state index contributed by atoms with van der Waals surface area (Å²) in [5.74, 6) is 0.814. The summed E-state index contributed by atoms with van der Waals surface area (Å²) in [6, 6.07) is 56.2. The van der Waals surface area contributed by atoms with E-state index in [1.54, 1.807) is 0 Å². The highest BCUT2D eigenvalue weighted by molar-refractivity contribution is 6.32. The Morgan fingerprint density at radius 2 is 1.13 bits per heavy atom. The fraction of sp³-hybridized carbons (Fsp3) is 0. The molecule has 8 aromatic carbocycles. The third-order valence-corrected chi connectivity index (χ3v) is 11.4. The molecule has 0 atom stereocenters. The van der Waals surface area contributed by atoms with Crippen molar-refractivity contribution in [2.24, 2.45) is 0 Å². The van der Waals surface area contributed by atoms with Crippen LogP contribution in [0.5, 0.6) is 0 Å². The van der Waals surface area contributed by atoms with Crippen LogP contribution in [0.4, 0.5) is 0 Å². The van der Waals surface area contributed by atoms with Crippen LogP contribution in [0.15, 0.2) is 162 Å². The van der Waals surface area contributed by atoms with E-state index in [4.69, 9.17) is 14.4 Å². The first-order valence-electron chi connectivity index (χ1n) is 18.0. The summed E-state index contributed by atoms with van der Waals surface area (Å²) in [7, 11) is 0. The van der Waals surface area contributed by atoms with Crippen molar-refractivity contribution in [3.63, 3.8) is 0 Å². The molecular weight excluding hydrogens is 649 g/mol. The first-order valence-corrected chi connectivity index (χ1v) is 18.0. The summed E-state index contributed by atoms with van der Waals surface area (Å²) in [6.07, 6.45) is 0. The van der Waals surface area contributed by atoms with E-state index < -0.39 is 0 Å². The Hall–Kier alpha value is -7.24. The van der Waals surface area contributed by atoms with Crippen LogP contribution in [-0.4, -0.2) is 18.9 Å². The second kappa shape index (κ2) is 9.75. The van der Waals surface area contributed by atoms with Crippen LogP contribution in [0.1, 0.15) is 0 Å². The Labute approximate surface area is 300 Å². The third-order valence-electron chi connectivity index (χ3n) is 11.4. The van der Waals surface area contributed by atoms with E-state index in [9.17, 15) is 0 Å². The Morgan fingerprint density at radius 3 is 2.04 bits per heavy atom. The predicted molar refractivity (Wildman–Crippen MR) is 219 cm³/mol. The van der Waals surface area contributed by atoms with Gasteiger partial charge < -0.3 is 8.82 Å². The Balaban J connectivity index is 1.24. The number of para-hydroxylation sites is 2. The minimum absolute atomic E-state index is 0.814. The van der Waals surface area contributed by atoms with Crippen LogP contribution in [0.2, 0.25) is 0 Å². The lowest BCUT2D eigenvalue weighted by atomic mass is 10.0. The molecule has 0 saturated carbocycles. The number of nitrogens with zero attached hydrogens (tertiary/aromatic N) is 4. The lowest BCUT2D eigenvalue weighted by Gasteiger charge is -2.15. The number of aromatic nitrogens is 4. The maximum Gasteiger partial charge on any atom is 0.165 e. The van der Waals surface area contributed by atoms with Crippen molar-refractivity contribution in [2.75, 3.05) is 0 Å². The van der Waals surface area contributed by atoms with Crippen LogP contribution in [0, 0.1) is 0 Å². The van der Waals surface area contributed by atoms with Crippen molar-refractivity contribution in [3.8, 4) is 17.1 Å². The molecule has 0 spiro atoms. The molecule has 5 aromatic heterocycles. The van der Waals surface area contributed by atoms with Gasteiger partial charge in [0.15, 0.2) is 5.82 Å². The number of furan rings is 1. The SMILES string of the molecule is c1ccc(-c2nc3c(ccc4ccccc43)nc2-n2c3cccc4c5cccc6c7cc8c(cc7n(c7cccc2c7c43)c56)oc2ccccc28)cc1. The summed E-state index contributed by atoms with van der Waals surface area (Å²) < 4.78 is 11.3. The van der Waals surface area contributed by atoms with Gasteiger partial charge in [0.05, 0.1) is 38.6 Å². The molecule has 0 bridgehead atoms. The highest BCUT2D eigenvalue weighted by atomic mass is 16.3. The summed E-state index contributed by atoms with van der Waals surface area (Å²) in [4.78, 5) is 11.0. The number of hydrogen-bond donors (Lipinski definition) is 0. The molecule has 5 heterocycles. The quantitative estimate of drug-likeness (QED) is 0.172. The summed E-state index contributed by atoms with van der Waals surface area (Å²) in [6.45, 7) is 0. The maximum atomic E-state index is 6.47. The topological polar surface area (TPSA) is 48.3 Å². The second-order valence-electron chi connectivity index (χ2n) is 14.1. The van der Waals surface area contributed by atoms with Crippen molar-refractivity contribution in [3.05, 3.63) is 158 Å². The third kappa shape index (κ3) is 3.46. The lowest BCUT2D eigenvalue weighted by Crippen LogP contribution is -2.04. The molecule has 13 rings (SSSR count). The number of rotatable bonds is 2. The van der Waals surface area contributed by atoms with Gasteiger partial charge in [-0.2, -0.15) is 0 Å². The summed E-state index contributed by atoms with van der Waals surface area (Å²) in [5.41, 5.74) is 11.1. The maximum absolute atomic E-state index is 6.47. The van der Waals surface area contributed by atoms with Gasteiger partial charge in [0.2, 0.25) is 0 Å². The first kappa shape index (κ1) is 27.5. The van der Waals surface area contributed by atoms with E-state index >= 15 is 0 Å². The standard InChI is InChI=1S/C48H26N4O/c1-2-12-28(13-3-1)45-48(49-36-24-23-27-11-4-5-14-29(27)46(36)50-45)52-37-19-9-16-31-32-17-8-18-33-34-25-35-30-15-6-7-22-41(30)53-42(35)26-40(34)51(47(32)33)38-20-10-21-39(52)44(38)43(31)37/h1-26H. The Bertz CT molecular complexity index is 3680. The smallest absolute Gasteiger partial charge is 0.165 e. The van der Waals surface area contributed by atoms with Gasteiger partial charge in [0.1, 0.15) is 16.9 Å². The Kier molecular flexibility index (Phi) is 5.06. The fourth-order valence-corrected chi connectivity index (χ4v) is 9.21. The first-order chi connectivity index (χ1) is 26.3. The van der Waals surface area contributed by atoms with Gasteiger partial charge in [0, 0.05) is 54.7 Å². The highest BCUT2D eigenvalue weighted by Crippen LogP contribution is 2.46. The molecular formula is C48H26N4O. The molecule has 0 aliphatic carbocycles. The van der Waals surface area contributed by atoms with Gasteiger partial charge in [0.25, 0.3) is 0 Å². The molecule has 13 aromatic rings. The van der Waals surface area contributed by atoms with Crippen LogP contribution < -0.4 is 0 Å². The van der Waals surface area contributed by atoms with E-state index in [0.717, 1.165) is 82.9 Å². The van der Waals surface area contributed by atoms with E-state index in [2.05, 4.69) is 161 Å². The Morgan fingerprint density at radius 1 is 0.434 bits per heavy atom. The normalized spacial score (nSPS) is 12.5. The molecule has 0 radical (unpaired) electrons. The minimum Gasteiger partial charge on any atom is -0.456 e. The molecule has 53 heavy (non-hydrogen) atoms. The number of fused-ring (bicyclic) bond motifs is 11. The average molecular weight is 675 g/mol. The second-order valence-corrected chi connectivity index (χ2v) is 14.1. The molecule has 0 saturated heterocycles. The van der Waals surface area contributed by atoms with Crippen molar-refractivity contribution >= 4 is 104 Å². The molecule has 0 N–H and O–H groups in total. The van der Waals surface area contributed by atoms with Crippen LogP contribution in [0.25, 0.3) is 121 Å².